The zero-order valence-electron chi connectivity index (χ0n) is 11.7. The molecule has 3 rings (SSSR count). The van der Waals surface area contributed by atoms with Gasteiger partial charge in [0.1, 0.15) is 5.82 Å². The molecule has 1 aliphatic rings. The molecule has 0 saturated heterocycles. The molecule has 21 heavy (non-hydrogen) atoms. The molecule has 0 saturated carbocycles. The van der Waals surface area contributed by atoms with E-state index < -0.39 is 0 Å². The molecule has 0 unspecified atom stereocenters. The van der Waals surface area contributed by atoms with E-state index >= 15 is 0 Å². The zero-order valence-corrected chi connectivity index (χ0v) is 12.5. The first-order chi connectivity index (χ1) is 10.2. The number of aryl methyl sites for hydroxylation is 2. The number of benzene rings is 1. The summed E-state index contributed by atoms with van der Waals surface area (Å²) in [6.07, 6.45) is 3.73. The van der Waals surface area contributed by atoms with Gasteiger partial charge in [0.25, 0.3) is 0 Å². The summed E-state index contributed by atoms with van der Waals surface area (Å²) < 4.78 is 14.1. The van der Waals surface area contributed by atoms with Gasteiger partial charge in [-0.25, -0.2) is 9.37 Å². The van der Waals surface area contributed by atoms with Gasteiger partial charge in [-0.05, 0) is 30.5 Å². The number of fused-ring (bicyclic) bond motifs is 1. The normalized spacial score (nSPS) is 13.7. The molecular weight excluding hydrogens is 289 g/mol. The van der Waals surface area contributed by atoms with Crippen LogP contribution in [0.2, 0.25) is 0 Å². The van der Waals surface area contributed by atoms with Gasteiger partial charge in [-0.15, -0.1) is 11.3 Å². The lowest BCUT2D eigenvalue weighted by molar-refractivity contribution is -0.116. The first kappa shape index (κ1) is 14.0. The van der Waals surface area contributed by atoms with Crippen LogP contribution in [0.4, 0.5) is 15.8 Å². The number of halogens is 1. The summed E-state index contributed by atoms with van der Waals surface area (Å²) >= 11 is 1.62. The molecular formula is C15H16FN3OS. The third-order valence-electron chi connectivity index (χ3n) is 3.45. The number of anilines is 2. The molecule has 1 aromatic carbocycles. The minimum atomic E-state index is -0.287. The summed E-state index contributed by atoms with van der Waals surface area (Å²) in [6, 6.07) is 3.17. The Bertz CT molecular complexity index is 684. The highest BCUT2D eigenvalue weighted by atomic mass is 32.1. The first-order valence-electron chi connectivity index (χ1n) is 6.95. The van der Waals surface area contributed by atoms with E-state index in [0.717, 1.165) is 21.9 Å². The SMILES string of the molecule is CCc1ncc(CNc2cc3c(cc2F)CCC(=O)N3)s1. The number of hydrogen-bond acceptors (Lipinski definition) is 4. The van der Waals surface area contributed by atoms with E-state index in [-0.39, 0.29) is 11.7 Å². The smallest absolute Gasteiger partial charge is 0.224 e. The van der Waals surface area contributed by atoms with E-state index in [9.17, 15) is 9.18 Å². The third-order valence-corrected chi connectivity index (χ3v) is 4.59. The lowest BCUT2D eigenvalue weighted by Gasteiger charge is -2.18. The highest BCUT2D eigenvalue weighted by Gasteiger charge is 2.17. The second kappa shape index (κ2) is 5.81. The molecule has 0 radical (unpaired) electrons. The minimum absolute atomic E-state index is 0.0184. The monoisotopic (exact) mass is 305 g/mol. The van der Waals surface area contributed by atoms with Gasteiger partial charge in [-0.2, -0.15) is 0 Å². The average molecular weight is 305 g/mol. The molecule has 0 fully saturated rings. The van der Waals surface area contributed by atoms with Gasteiger partial charge in [0.05, 0.1) is 17.2 Å². The van der Waals surface area contributed by atoms with Gasteiger partial charge < -0.3 is 10.6 Å². The van der Waals surface area contributed by atoms with Crippen molar-refractivity contribution in [2.75, 3.05) is 10.6 Å². The summed E-state index contributed by atoms with van der Waals surface area (Å²) in [7, 11) is 0. The molecule has 0 bridgehead atoms. The molecule has 1 aliphatic heterocycles. The van der Waals surface area contributed by atoms with E-state index in [0.29, 0.717) is 30.8 Å². The highest BCUT2D eigenvalue weighted by molar-refractivity contribution is 7.11. The molecule has 0 spiro atoms. The van der Waals surface area contributed by atoms with Gasteiger partial charge in [0.15, 0.2) is 0 Å². The van der Waals surface area contributed by atoms with E-state index in [1.165, 1.54) is 6.07 Å². The van der Waals surface area contributed by atoms with Crippen LogP contribution in [0.5, 0.6) is 0 Å². The summed E-state index contributed by atoms with van der Waals surface area (Å²) in [5, 5.41) is 6.93. The number of carbonyl (C=O) groups excluding carboxylic acids is 1. The van der Waals surface area contributed by atoms with Crippen LogP contribution in [0, 0.1) is 5.82 Å². The average Bonchev–Trinajstić information content (AvgIpc) is 2.93. The maximum absolute atomic E-state index is 14.1. The molecule has 6 heteroatoms. The molecule has 110 valence electrons. The largest absolute Gasteiger partial charge is 0.378 e. The second-order valence-corrected chi connectivity index (χ2v) is 6.16. The van der Waals surface area contributed by atoms with Crippen LogP contribution in [0.3, 0.4) is 0 Å². The Balaban J connectivity index is 1.76. The number of nitrogens with zero attached hydrogens (tertiary/aromatic N) is 1. The van der Waals surface area contributed by atoms with Crippen molar-refractivity contribution in [1.29, 1.82) is 0 Å². The van der Waals surface area contributed by atoms with Crippen molar-refractivity contribution in [3.8, 4) is 0 Å². The van der Waals surface area contributed by atoms with E-state index in [1.807, 2.05) is 6.20 Å². The quantitative estimate of drug-likeness (QED) is 0.911. The summed E-state index contributed by atoms with van der Waals surface area (Å²) in [4.78, 5) is 16.7. The Kier molecular flexibility index (Phi) is 3.88. The Morgan fingerprint density at radius 2 is 2.29 bits per heavy atom. The number of aromatic nitrogens is 1. The molecule has 2 aromatic rings. The maximum Gasteiger partial charge on any atom is 0.224 e. The van der Waals surface area contributed by atoms with Crippen molar-refractivity contribution >= 4 is 28.6 Å². The fraction of sp³-hybridized carbons (Fsp3) is 0.333. The third kappa shape index (κ3) is 3.05. The summed E-state index contributed by atoms with van der Waals surface area (Å²) in [5.41, 5.74) is 1.96. The Labute approximate surface area is 126 Å². The van der Waals surface area contributed by atoms with Gasteiger partial charge in [0, 0.05) is 23.2 Å². The number of nitrogens with one attached hydrogen (secondary N) is 2. The maximum atomic E-state index is 14.1. The predicted molar refractivity (Wildman–Crippen MR) is 82.2 cm³/mol. The van der Waals surface area contributed by atoms with Crippen molar-refractivity contribution in [3.63, 3.8) is 0 Å². The van der Waals surface area contributed by atoms with Crippen LogP contribution in [-0.4, -0.2) is 10.9 Å². The minimum Gasteiger partial charge on any atom is -0.378 e. The van der Waals surface area contributed by atoms with Gasteiger partial charge in [0.2, 0.25) is 5.91 Å². The van der Waals surface area contributed by atoms with E-state index in [2.05, 4.69) is 22.5 Å². The van der Waals surface area contributed by atoms with Gasteiger partial charge in [-0.3, -0.25) is 4.79 Å². The predicted octanol–water partition coefficient (Wildman–Crippen LogP) is 3.34. The number of rotatable bonds is 4. The fourth-order valence-electron chi connectivity index (χ4n) is 2.31. The molecule has 1 amide bonds. The number of hydrogen-bond donors (Lipinski definition) is 2. The molecule has 2 N–H and O–H groups in total. The van der Waals surface area contributed by atoms with Crippen LogP contribution >= 0.6 is 11.3 Å². The van der Waals surface area contributed by atoms with Crippen LogP contribution in [0.15, 0.2) is 18.3 Å². The molecule has 2 heterocycles. The standard InChI is InChI=1S/C15H16FN3OS/c1-2-15-18-8-10(21-15)7-17-13-6-12-9(5-11(13)16)3-4-14(20)19-12/h5-6,8,17H,2-4,7H2,1H3,(H,19,20). The second-order valence-electron chi connectivity index (χ2n) is 4.96. The topological polar surface area (TPSA) is 54.0 Å². The van der Waals surface area contributed by atoms with Crippen LogP contribution in [0.25, 0.3) is 0 Å². The lowest BCUT2D eigenvalue weighted by atomic mass is 10.0. The van der Waals surface area contributed by atoms with Gasteiger partial charge >= 0.3 is 0 Å². The Morgan fingerprint density at radius 3 is 3.05 bits per heavy atom. The fourth-order valence-corrected chi connectivity index (χ4v) is 3.11. The van der Waals surface area contributed by atoms with E-state index in [4.69, 9.17) is 0 Å². The van der Waals surface area contributed by atoms with Crippen LogP contribution < -0.4 is 10.6 Å². The van der Waals surface area contributed by atoms with Crippen molar-refractivity contribution in [2.24, 2.45) is 0 Å². The van der Waals surface area contributed by atoms with E-state index in [1.54, 1.807) is 17.4 Å². The number of amides is 1. The molecule has 4 nitrogen and oxygen atoms in total. The molecule has 0 atom stereocenters. The molecule has 0 aliphatic carbocycles. The van der Waals surface area contributed by atoms with Crippen molar-refractivity contribution in [3.05, 3.63) is 39.6 Å². The zero-order chi connectivity index (χ0) is 14.8. The number of thiazole rings is 1. The first-order valence-corrected chi connectivity index (χ1v) is 7.77. The van der Waals surface area contributed by atoms with Crippen molar-refractivity contribution < 1.29 is 9.18 Å². The van der Waals surface area contributed by atoms with Crippen LogP contribution in [0.1, 0.15) is 28.8 Å². The number of carbonyl (C=O) groups is 1. The van der Waals surface area contributed by atoms with Crippen LogP contribution in [-0.2, 0) is 24.2 Å². The summed E-state index contributed by atoms with van der Waals surface area (Å²) in [5.74, 6) is -0.305. The summed E-state index contributed by atoms with van der Waals surface area (Å²) in [6.45, 7) is 2.59. The van der Waals surface area contributed by atoms with Crippen molar-refractivity contribution in [1.82, 2.24) is 4.98 Å². The Hall–Kier alpha value is -1.95. The molecule has 1 aromatic heterocycles. The van der Waals surface area contributed by atoms with Gasteiger partial charge in [-0.1, -0.05) is 6.92 Å². The van der Waals surface area contributed by atoms with Crippen molar-refractivity contribution in [2.45, 2.75) is 32.7 Å². The lowest BCUT2D eigenvalue weighted by Crippen LogP contribution is -2.19. The highest BCUT2D eigenvalue weighted by Crippen LogP contribution is 2.29. The Morgan fingerprint density at radius 1 is 1.43 bits per heavy atom.